The van der Waals surface area contributed by atoms with E-state index in [9.17, 15) is 4.39 Å². The number of rotatable bonds is 6. The lowest BCUT2D eigenvalue weighted by molar-refractivity contribution is 0.105. The van der Waals surface area contributed by atoms with Crippen LogP contribution in [-0.4, -0.2) is 22.8 Å². The van der Waals surface area contributed by atoms with E-state index < -0.39 is 0 Å². The van der Waals surface area contributed by atoms with E-state index in [-0.39, 0.29) is 5.82 Å². The number of nitrogen functional groups attached to an aromatic ring is 1. The van der Waals surface area contributed by atoms with Crippen LogP contribution >= 0.6 is 0 Å². The molecule has 2 N–H and O–H groups in total. The molecule has 0 fully saturated rings. The minimum absolute atomic E-state index is 0.248. The van der Waals surface area contributed by atoms with Gasteiger partial charge in [0.05, 0.1) is 11.0 Å². The summed E-state index contributed by atoms with van der Waals surface area (Å²) in [4.78, 5) is 4.20. The van der Waals surface area contributed by atoms with E-state index in [0.29, 0.717) is 29.6 Å². The van der Waals surface area contributed by atoms with E-state index in [1.807, 2.05) is 4.57 Å². The van der Waals surface area contributed by atoms with Crippen molar-refractivity contribution >= 4 is 17.0 Å². The van der Waals surface area contributed by atoms with Crippen LogP contribution in [0.4, 0.5) is 10.3 Å². The minimum atomic E-state index is -0.248. The van der Waals surface area contributed by atoms with Crippen LogP contribution in [0.25, 0.3) is 11.0 Å². The van der Waals surface area contributed by atoms with Gasteiger partial charge in [0, 0.05) is 25.8 Å². The molecule has 2 rings (SSSR count). The summed E-state index contributed by atoms with van der Waals surface area (Å²) in [5.41, 5.74) is 8.00. The van der Waals surface area contributed by atoms with Gasteiger partial charge >= 0.3 is 0 Å². The molecule has 2 aromatic rings. The van der Waals surface area contributed by atoms with Crippen LogP contribution in [0.5, 0.6) is 0 Å². The number of aryl methyl sites for hydroxylation is 2. The van der Waals surface area contributed by atoms with Gasteiger partial charge in [-0.05, 0) is 30.9 Å². The fraction of sp³-hybridized carbons (Fsp3) is 0.533. The van der Waals surface area contributed by atoms with Gasteiger partial charge < -0.3 is 15.0 Å². The molecule has 1 aromatic heterocycles. The van der Waals surface area contributed by atoms with Gasteiger partial charge in [0.15, 0.2) is 0 Å². The molecule has 0 spiro atoms. The highest BCUT2D eigenvalue weighted by Gasteiger charge is 2.10. The number of hydrogen-bond donors (Lipinski definition) is 1. The van der Waals surface area contributed by atoms with Crippen molar-refractivity contribution in [2.45, 2.75) is 33.7 Å². The lowest BCUT2D eigenvalue weighted by atomic mass is 10.2. The largest absolute Gasteiger partial charge is 0.381 e. The summed E-state index contributed by atoms with van der Waals surface area (Å²) < 4.78 is 21.0. The van der Waals surface area contributed by atoms with Crippen LogP contribution in [0, 0.1) is 18.7 Å². The smallest absolute Gasteiger partial charge is 0.201 e. The quantitative estimate of drug-likeness (QED) is 0.826. The first-order valence-electron chi connectivity index (χ1n) is 6.98. The third kappa shape index (κ3) is 3.28. The number of benzene rings is 1. The van der Waals surface area contributed by atoms with Gasteiger partial charge in [-0.15, -0.1) is 0 Å². The number of anilines is 1. The van der Waals surface area contributed by atoms with E-state index in [0.717, 1.165) is 25.1 Å². The highest BCUT2D eigenvalue weighted by molar-refractivity contribution is 5.79. The highest BCUT2D eigenvalue weighted by atomic mass is 19.1. The average Bonchev–Trinajstić information content (AvgIpc) is 2.65. The van der Waals surface area contributed by atoms with Crippen LogP contribution in [0.1, 0.15) is 25.8 Å². The number of hydrogen-bond acceptors (Lipinski definition) is 3. The summed E-state index contributed by atoms with van der Waals surface area (Å²) in [5.74, 6) is 0.719. The van der Waals surface area contributed by atoms with Gasteiger partial charge in [0.1, 0.15) is 5.82 Å². The second-order valence-corrected chi connectivity index (χ2v) is 5.53. The molecule has 0 saturated heterocycles. The molecular weight excluding hydrogens is 257 g/mol. The van der Waals surface area contributed by atoms with Gasteiger partial charge in [0.2, 0.25) is 5.95 Å². The van der Waals surface area contributed by atoms with Crippen LogP contribution in [0.15, 0.2) is 12.1 Å². The van der Waals surface area contributed by atoms with Crippen LogP contribution in [0.3, 0.4) is 0 Å². The predicted molar refractivity (Wildman–Crippen MR) is 79.1 cm³/mol. The lowest BCUT2D eigenvalue weighted by Gasteiger charge is -2.09. The molecule has 5 heteroatoms. The first-order valence-corrected chi connectivity index (χ1v) is 6.98. The van der Waals surface area contributed by atoms with Gasteiger partial charge in [-0.3, -0.25) is 0 Å². The van der Waals surface area contributed by atoms with Crippen molar-refractivity contribution in [2.24, 2.45) is 5.92 Å². The summed E-state index contributed by atoms with van der Waals surface area (Å²) in [6.07, 6.45) is 0.860. The number of ether oxygens (including phenoxy) is 1. The Morgan fingerprint density at radius 2 is 2.15 bits per heavy atom. The van der Waals surface area contributed by atoms with Crippen molar-refractivity contribution in [2.75, 3.05) is 18.9 Å². The summed E-state index contributed by atoms with van der Waals surface area (Å²) in [6, 6.07) is 3.23. The third-order valence-electron chi connectivity index (χ3n) is 3.18. The van der Waals surface area contributed by atoms with Crippen molar-refractivity contribution in [1.29, 1.82) is 0 Å². The Labute approximate surface area is 118 Å². The molecule has 0 saturated carbocycles. The maximum Gasteiger partial charge on any atom is 0.201 e. The molecule has 0 bridgehead atoms. The highest BCUT2D eigenvalue weighted by Crippen LogP contribution is 2.21. The summed E-state index contributed by atoms with van der Waals surface area (Å²) in [5, 5.41) is 0. The second kappa shape index (κ2) is 6.22. The predicted octanol–water partition coefficient (Wildman–Crippen LogP) is 3.13. The second-order valence-electron chi connectivity index (χ2n) is 5.53. The van der Waals surface area contributed by atoms with Gasteiger partial charge in [0.25, 0.3) is 0 Å². The normalized spacial score (nSPS) is 11.7. The van der Waals surface area contributed by atoms with Crippen molar-refractivity contribution in [1.82, 2.24) is 9.55 Å². The Morgan fingerprint density at radius 3 is 2.85 bits per heavy atom. The number of fused-ring (bicyclic) bond motifs is 1. The molecule has 110 valence electrons. The summed E-state index contributed by atoms with van der Waals surface area (Å²) in [6.45, 7) is 8.18. The number of halogens is 1. The fourth-order valence-corrected chi connectivity index (χ4v) is 2.15. The molecule has 20 heavy (non-hydrogen) atoms. The molecule has 0 amide bonds. The topological polar surface area (TPSA) is 53.1 Å². The van der Waals surface area contributed by atoms with Gasteiger partial charge in [-0.25, -0.2) is 9.37 Å². The standard InChI is InChI=1S/C15H22FN3O/c1-10(2)9-20-6-4-5-19-14-7-11(3)12(16)8-13(14)18-15(19)17/h7-8,10H,4-6,9H2,1-3H3,(H2,17,18). The zero-order valence-electron chi connectivity index (χ0n) is 12.3. The molecule has 4 nitrogen and oxygen atoms in total. The van der Waals surface area contributed by atoms with Crippen LogP contribution in [-0.2, 0) is 11.3 Å². The Kier molecular flexibility index (Phi) is 4.60. The van der Waals surface area contributed by atoms with E-state index in [2.05, 4.69) is 18.8 Å². The Morgan fingerprint density at radius 1 is 1.40 bits per heavy atom. The first-order chi connectivity index (χ1) is 9.49. The summed E-state index contributed by atoms with van der Waals surface area (Å²) in [7, 11) is 0. The van der Waals surface area contributed by atoms with Gasteiger partial charge in [-0.1, -0.05) is 13.8 Å². The zero-order valence-corrected chi connectivity index (χ0v) is 12.3. The van der Waals surface area contributed by atoms with Crippen molar-refractivity contribution in [3.63, 3.8) is 0 Å². The van der Waals surface area contributed by atoms with E-state index >= 15 is 0 Å². The molecule has 0 radical (unpaired) electrons. The zero-order chi connectivity index (χ0) is 14.7. The van der Waals surface area contributed by atoms with E-state index in [1.54, 1.807) is 13.0 Å². The molecule has 0 aliphatic carbocycles. The number of aromatic nitrogens is 2. The average molecular weight is 279 g/mol. The number of imidazole rings is 1. The van der Waals surface area contributed by atoms with Crippen molar-refractivity contribution in [3.05, 3.63) is 23.5 Å². The SMILES string of the molecule is Cc1cc2c(cc1F)nc(N)n2CCCOCC(C)C. The lowest BCUT2D eigenvalue weighted by Crippen LogP contribution is -2.08. The molecular formula is C15H22FN3O. The summed E-state index contributed by atoms with van der Waals surface area (Å²) >= 11 is 0. The minimum Gasteiger partial charge on any atom is -0.381 e. The molecule has 0 unspecified atom stereocenters. The molecule has 0 atom stereocenters. The van der Waals surface area contributed by atoms with E-state index in [4.69, 9.17) is 10.5 Å². The molecule has 1 aromatic carbocycles. The monoisotopic (exact) mass is 279 g/mol. The maximum absolute atomic E-state index is 13.5. The Balaban J connectivity index is 2.06. The Hall–Kier alpha value is -1.62. The van der Waals surface area contributed by atoms with E-state index in [1.165, 1.54) is 6.07 Å². The van der Waals surface area contributed by atoms with Crippen molar-refractivity contribution in [3.8, 4) is 0 Å². The van der Waals surface area contributed by atoms with Crippen LogP contribution in [0.2, 0.25) is 0 Å². The molecule has 1 heterocycles. The van der Waals surface area contributed by atoms with Gasteiger partial charge in [-0.2, -0.15) is 0 Å². The number of nitrogens with two attached hydrogens (primary N) is 1. The first kappa shape index (κ1) is 14.8. The van der Waals surface area contributed by atoms with Crippen molar-refractivity contribution < 1.29 is 9.13 Å². The third-order valence-corrected chi connectivity index (χ3v) is 3.18. The number of nitrogens with zero attached hydrogens (tertiary/aromatic N) is 2. The fourth-order valence-electron chi connectivity index (χ4n) is 2.15. The van der Waals surface area contributed by atoms with Crippen LogP contribution < -0.4 is 5.73 Å². The molecule has 0 aliphatic heterocycles. The maximum atomic E-state index is 13.5. The molecule has 0 aliphatic rings. The Bertz CT molecular complexity index is 592.